The normalized spacial score (nSPS) is 10.4. The van der Waals surface area contributed by atoms with Gasteiger partial charge in [0.1, 0.15) is 6.54 Å². The topological polar surface area (TPSA) is 60.9 Å². The fourth-order valence-electron chi connectivity index (χ4n) is 1.46. The summed E-state index contributed by atoms with van der Waals surface area (Å²) >= 11 is 5.87. The summed E-state index contributed by atoms with van der Waals surface area (Å²) in [4.78, 5) is 25.9. The lowest BCUT2D eigenvalue weighted by Crippen LogP contribution is -2.46. The van der Waals surface area contributed by atoms with Gasteiger partial charge >= 0.3 is 12.0 Å². The van der Waals surface area contributed by atoms with Crippen LogP contribution in [0, 0.1) is 0 Å². The van der Waals surface area contributed by atoms with Crippen LogP contribution in [-0.2, 0) is 4.79 Å². The second-order valence-corrected chi connectivity index (χ2v) is 4.88. The average molecular weight is 285 g/mol. The summed E-state index contributed by atoms with van der Waals surface area (Å²) in [6, 6.07) is 6.16. The molecule has 0 spiro atoms. The first kappa shape index (κ1) is 15.3. The Hall–Kier alpha value is -1.75. The van der Waals surface area contributed by atoms with Crippen molar-refractivity contribution in [2.45, 2.75) is 19.9 Å². The Labute approximate surface area is 117 Å². The molecule has 0 aliphatic rings. The lowest BCUT2D eigenvalue weighted by molar-refractivity contribution is -0.135. The average Bonchev–Trinajstić information content (AvgIpc) is 2.33. The van der Waals surface area contributed by atoms with Crippen molar-refractivity contribution in [2.75, 3.05) is 18.5 Å². The number of urea groups is 1. The summed E-state index contributed by atoms with van der Waals surface area (Å²) in [7, 11) is 1.63. The van der Waals surface area contributed by atoms with E-state index < -0.39 is 12.5 Å². The van der Waals surface area contributed by atoms with E-state index in [9.17, 15) is 9.59 Å². The second-order valence-electron chi connectivity index (χ2n) is 4.45. The minimum Gasteiger partial charge on any atom is -0.480 e. The highest BCUT2D eigenvalue weighted by molar-refractivity contribution is 6.30. The summed E-state index contributed by atoms with van der Waals surface area (Å²) in [5.74, 6) is -1.08. The Kier molecular flexibility index (Phi) is 5.18. The van der Waals surface area contributed by atoms with Crippen molar-refractivity contribution in [3.05, 3.63) is 29.3 Å². The van der Waals surface area contributed by atoms with Crippen LogP contribution in [-0.4, -0.2) is 41.6 Å². The van der Waals surface area contributed by atoms with Crippen molar-refractivity contribution in [1.29, 1.82) is 0 Å². The summed E-state index contributed by atoms with van der Waals surface area (Å²) in [5, 5.41) is 9.39. The Bertz CT molecular complexity index is 477. The molecule has 0 aromatic heterocycles. The maximum Gasteiger partial charge on any atom is 0.324 e. The van der Waals surface area contributed by atoms with E-state index in [0.29, 0.717) is 10.7 Å². The number of hydrogen-bond donors (Lipinski definition) is 1. The number of rotatable bonds is 4. The van der Waals surface area contributed by atoms with Gasteiger partial charge in [-0.05, 0) is 32.0 Å². The van der Waals surface area contributed by atoms with Gasteiger partial charge in [0.25, 0.3) is 0 Å². The summed E-state index contributed by atoms with van der Waals surface area (Å²) in [6.07, 6.45) is 0. The molecule has 0 unspecified atom stereocenters. The molecule has 19 heavy (non-hydrogen) atoms. The van der Waals surface area contributed by atoms with Crippen LogP contribution < -0.4 is 4.90 Å². The van der Waals surface area contributed by atoms with Crippen LogP contribution in [0.2, 0.25) is 5.02 Å². The van der Waals surface area contributed by atoms with Crippen molar-refractivity contribution >= 4 is 29.3 Å². The number of anilines is 1. The van der Waals surface area contributed by atoms with Crippen LogP contribution in [0.4, 0.5) is 10.5 Å². The van der Waals surface area contributed by atoms with E-state index in [1.165, 1.54) is 9.80 Å². The number of nitrogens with zero attached hydrogens (tertiary/aromatic N) is 2. The van der Waals surface area contributed by atoms with Crippen LogP contribution >= 0.6 is 11.6 Å². The number of carbonyl (C=O) groups excluding carboxylic acids is 1. The van der Waals surface area contributed by atoms with Crippen molar-refractivity contribution in [1.82, 2.24) is 4.90 Å². The Morgan fingerprint density at radius 2 is 2.00 bits per heavy atom. The summed E-state index contributed by atoms with van der Waals surface area (Å²) < 4.78 is 0. The van der Waals surface area contributed by atoms with Gasteiger partial charge < -0.3 is 10.0 Å². The molecule has 0 aliphatic heterocycles. The number of aliphatic carboxylic acids is 1. The molecule has 5 nitrogen and oxygen atoms in total. The maximum atomic E-state index is 12.3. The highest BCUT2D eigenvalue weighted by Crippen LogP contribution is 2.20. The zero-order valence-electron chi connectivity index (χ0n) is 11.1. The molecule has 0 atom stereocenters. The van der Waals surface area contributed by atoms with Gasteiger partial charge in [-0.2, -0.15) is 0 Å². The van der Waals surface area contributed by atoms with Crippen molar-refractivity contribution in [3.63, 3.8) is 0 Å². The molecular formula is C13H17ClN2O3. The molecule has 6 heteroatoms. The molecule has 0 bridgehead atoms. The minimum atomic E-state index is -1.08. The molecule has 1 aromatic rings. The number of carboxylic acid groups (broad SMARTS) is 1. The summed E-state index contributed by atoms with van der Waals surface area (Å²) in [6.45, 7) is 3.31. The molecule has 0 saturated carbocycles. The van der Waals surface area contributed by atoms with E-state index >= 15 is 0 Å². The third-order valence-corrected chi connectivity index (χ3v) is 2.96. The van der Waals surface area contributed by atoms with Gasteiger partial charge in [0, 0.05) is 23.8 Å². The third kappa shape index (κ3) is 4.13. The van der Waals surface area contributed by atoms with Gasteiger partial charge in [-0.3, -0.25) is 9.69 Å². The molecule has 0 saturated heterocycles. The van der Waals surface area contributed by atoms with E-state index in [2.05, 4.69) is 0 Å². The molecular weight excluding hydrogens is 268 g/mol. The van der Waals surface area contributed by atoms with Gasteiger partial charge in [0.2, 0.25) is 0 Å². The van der Waals surface area contributed by atoms with E-state index in [1.54, 1.807) is 31.3 Å². The fourth-order valence-corrected chi connectivity index (χ4v) is 1.64. The first-order chi connectivity index (χ1) is 8.82. The standard InChI is InChI=1S/C13H17ClN2O3/c1-9(2)15(3)13(19)16(8-12(17)18)11-6-4-5-10(14)7-11/h4-7,9H,8H2,1-3H3,(H,17,18). The lowest BCUT2D eigenvalue weighted by atomic mass is 10.3. The molecule has 2 amide bonds. The largest absolute Gasteiger partial charge is 0.480 e. The number of halogens is 1. The molecule has 1 N–H and O–H groups in total. The first-order valence-corrected chi connectivity index (χ1v) is 6.22. The van der Waals surface area contributed by atoms with E-state index in [-0.39, 0.29) is 12.1 Å². The summed E-state index contributed by atoms with van der Waals surface area (Å²) in [5.41, 5.74) is 0.465. The molecule has 0 aliphatic carbocycles. The van der Waals surface area contributed by atoms with Gasteiger partial charge in [0.05, 0.1) is 0 Å². The van der Waals surface area contributed by atoms with E-state index in [1.807, 2.05) is 13.8 Å². The lowest BCUT2D eigenvalue weighted by Gasteiger charge is -2.29. The zero-order valence-corrected chi connectivity index (χ0v) is 11.9. The number of carboxylic acids is 1. The van der Waals surface area contributed by atoms with Gasteiger partial charge in [-0.15, -0.1) is 0 Å². The maximum absolute atomic E-state index is 12.3. The van der Waals surface area contributed by atoms with E-state index in [4.69, 9.17) is 16.7 Å². The molecule has 0 fully saturated rings. The minimum absolute atomic E-state index is 0.0250. The van der Waals surface area contributed by atoms with Gasteiger partial charge in [0.15, 0.2) is 0 Å². The SMILES string of the molecule is CC(C)N(C)C(=O)N(CC(=O)O)c1cccc(Cl)c1. The van der Waals surface area contributed by atoms with Crippen LogP contribution in [0.15, 0.2) is 24.3 Å². The predicted molar refractivity (Wildman–Crippen MR) is 74.7 cm³/mol. The third-order valence-electron chi connectivity index (χ3n) is 2.72. The zero-order chi connectivity index (χ0) is 14.6. The van der Waals surface area contributed by atoms with Crippen molar-refractivity contribution in [3.8, 4) is 0 Å². The second kappa shape index (κ2) is 6.43. The molecule has 1 rings (SSSR count). The number of carbonyl (C=O) groups is 2. The van der Waals surface area contributed by atoms with E-state index in [0.717, 1.165) is 0 Å². The highest BCUT2D eigenvalue weighted by atomic mass is 35.5. The van der Waals surface area contributed by atoms with Crippen LogP contribution in [0.1, 0.15) is 13.8 Å². The number of benzene rings is 1. The molecule has 0 heterocycles. The Balaban J connectivity index is 3.08. The van der Waals surface area contributed by atoms with Crippen LogP contribution in [0.25, 0.3) is 0 Å². The van der Waals surface area contributed by atoms with Gasteiger partial charge in [-0.25, -0.2) is 4.79 Å². The number of hydrogen-bond acceptors (Lipinski definition) is 2. The monoisotopic (exact) mass is 284 g/mol. The molecule has 0 radical (unpaired) electrons. The number of amides is 2. The van der Waals surface area contributed by atoms with Crippen molar-refractivity contribution in [2.24, 2.45) is 0 Å². The first-order valence-electron chi connectivity index (χ1n) is 5.84. The smallest absolute Gasteiger partial charge is 0.324 e. The Morgan fingerprint density at radius 1 is 1.37 bits per heavy atom. The Morgan fingerprint density at radius 3 is 2.47 bits per heavy atom. The molecule has 104 valence electrons. The van der Waals surface area contributed by atoms with Crippen molar-refractivity contribution < 1.29 is 14.7 Å². The van der Waals surface area contributed by atoms with Crippen LogP contribution in [0.3, 0.4) is 0 Å². The fraction of sp³-hybridized carbons (Fsp3) is 0.385. The highest BCUT2D eigenvalue weighted by Gasteiger charge is 2.23. The quantitative estimate of drug-likeness (QED) is 0.925. The van der Waals surface area contributed by atoms with Gasteiger partial charge in [-0.1, -0.05) is 17.7 Å². The predicted octanol–water partition coefficient (Wildman–Crippen LogP) is 2.69. The molecule has 1 aromatic carbocycles. The van der Waals surface area contributed by atoms with Crippen LogP contribution in [0.5, 0.6) is 0 Å².